The minimum atomic E-state index is 0.712. The van der Waals surface area contributed by atoms with Crippen molar-refractivity contribution in [2.45, 2.75) is 6.54 Å². The van der Waals surface area contributed by atoms with Gasteiger partial charge in [0.05, 0.1) is 0 Å². The van der Waals surface area contributed by atoms with Gasteiger partial charge >= 0.3 is 0 Å². The molecule has 0 bridgehead atoms. The summed E-state index contributed by atoms with van der Waals surface area (Å²) in [6.07, 6.45) is 0.712. The van der Waals surface area contributed by atoms with Gasteiger partial charge in [0, 0.05) is 38.4 Å². The van der Waals surface area contributed by atoms with Crippen LogP contribution in [-0.4, -0.2) is 37.5 Å². The molecule has 1 fully saturated rings. The molecular weight excluding hydrogens is 202 g/mol. The van der Waals surface area contributed by atoms with Crippen molar-refractivity contribution in [3.8, 4) is 0 Å². The van der Waals surface area contributed by atoms with E-state index in [2.05, 4.69) is 21.6 Å². The number of hydrogen-bond donors (Lipinski definition) is 2. The van der Waals surface area contributed by atoms with Crippen LogP contribution in [0.15, 0.2) is 24.3 Å². The topological polar surface area (TPSA) is 44.4 Å². The number of hydrogen-bond acceptors (Lipinski definition) is 3. The third kappa shape index (κ3) is 3.05. The van der Waals surface area contributed by atoms with Gasteiger partial charge in [-0.3, -0.25) is 9.69 Å². The Morgan fingerprint density at radius 2 is 2.19 bits per heavy atom. The summed E-state index contributed by atoms with van der Waals surface area (Å²) < 4.78 is 0. The minimum Gasteiger partial charge on any atom is -0.329 e. The number of nitrogens with one attached hydrogen (secondary N) is 2. The molecule has 0 aliphatic carbocycles. The third-order valence-corrected chi connectivity index (χ3v) is 2.77. The Morgan fingerprint density at radius 1 is 1.38 bits per heavy atom. The molecule has 2 rings (SSSR count). The van der Waals surface area contributed by atoms with Gasteiger partial charge in [-0.2, -0.15) is 0 Å². The Kier molecular flexibility index (Phi) is 3.91. The molecule has 4 heteroatoms. The fourth-order valence-corrected chi connectivity index (χ4v) is 1.95. The highest BCUT2D eigenvalue weighted by atomic mass is 16.1. The molecule has 2 N–H and O–H groups in total. The lowest BCUT2D eigenvalue weighted by molar-refractivity contribution is -0.105. The van der Waals surface area contributed by atoms with Crippen molar-refractivity contribution < 1.29 is 4.79 Å². The predicted octanol–water partition coefficient (Wildman–Crippen LogP) is 0.660. The van der Waals surface area contributed by atoms with Crippen molar-refractivity contribution in [2.24, 2.45) is 0 Å². The molecule has 86 valence electrons. The van der Waals surface area contributed by atoms with E-state index in [1.54, 1.807) is 0 Å². The minimum absolute atomic E-state index is 0.712. The molecule has 1 amide bonds. The first-order valence-electron chi connectivity index (χ1n) is 5.61. The number of carbonyl (C=O) groups is 1. The van der Waals surface area contributed by atoms with Crippen LogP contribution < -0.4 is 10.6 Å². The maximum Gasteiger partial charge on any atom is 0.211 e. The van der Waals surface area contributed by atoms with E-state index in [1.165, 1.54) is 5.56 Å². The Balaban J connectivity index is 1.97. The molecule has 0 aromatic heterocycles. The van der Waals surface area contributed by atoms with Crippen molar-refractivity contribution in [3.05, 3.63) is 29.8 Å². The van der Waals surface area contributed by atoms with Gasteiger partial charge in [-0.25, -0.2) is 0 Å². The monoisotopic (exact) mass is 219 g/mol. The lowest BCUT2D eigenvalue weighted by atomic mass is 10.2. The average Bonchev–Trinajstić information content (AvgIpc) is 2.31. The zero-order chi connectivity index (χ0) is 11.2. The number of piperazine rings is 1. The van der Waals surface area contributed by atoms with Gasteiger partial charge in [0.15, 0.2) is 0 Å². The normalized spacial score (nSPS) is 17.0. The zero-order valence-corrected chi connectivity index (χ0v) is 9.28. The molecular formula is C12H17N3O. The van der Waals surface area contributed by atoms with E-state index in [9.17, 15) is 4.79 Å². The van der Waals surface area contributed by atoms with Crippen molar-refractivity contribution in [2.75, 3.05) is 31.5 Å². The van der Waals surface area contributed by atoms with E-state index in [4.69, 9.17) is 0 Å². The van der Waals surface area contributed by atoms with Gasteiger partial charge in [0.2, 0.25) is 6.41 Å². The lowest BCUT2D eigenvalue weighted by Gasteiger charge is -2.27. The average molecular weight is 219 g/mol. The van der Waals surface area contributed by atoms with Crippen LogP contribution in [-0.2, 0) is 11.3 Å². The maximum absolute atomic E-state index is 10.3. The molecule has 0 unspecified atom stereocenters. The molecule has 0 saturated carbocycles. The smallest absolute Gasteiger partial charge is 0.211 e. The number of benzene rings is 1. The van der Waals surface area contributed by atoms with Crippen LogP contribution in [0.5, 0.6) is 0 Å². The van der Waals surface area contributed by atoms with Crippen molar-refractivity contribution >= 4 is 12.1 Å². The maximum atomic E-state index is 10.3. The van der Waals surface area contributed by atoms with Gasteiger partial charge in [-0.05, 0) is 17.7 Å². The molecule has 4 nitrogen and oxygen atoms in total. The standard InChI is InChI=1S/C12H17N3O/c16-10-14-12-3-1-2-11(8-12)9-15-6-4-13-5-7-15/h1-3,8,10,13H,4-7,9H2,(H,14,16). The van der Waals surface area contributed by atoms with Gasteiger partial charge in [0.25, 0.3) is 0 Å². The molecule has 0 atom stereocenters. The van der Waals surface area contributed by atoms with Crippen molar-refractivity contribution in [1.82, 2.24) is 10.2 Å². The Bertz CT molecular complexity index is 348. The van der Waals surface area contributed by atoms with Crippen molar-refractivity contribution in [3.63, 3.8) is 0 Å². The van der Waals surface area contributed by atoms with Crippen molar-refractivity contribution in [1.29, 1.82) is 0 Å². The molecule has 1 aromatic carbocycles. The fraction of sp³-hybridized carbons (Fsp3) is 0.417. The molecule has 1 aliphatic heterocycles. The zero-order valence-electron chi connectivity index (χ0n) is 9.28. The fourth-order valence-electron chi connectivity index (χ4n) is 1.95. The van der Waals surface area contributed by atoms with Crippen LogP contribution in [0.4, 0.5) is 5.69 Å². The molecule has 0 radical (unpaired) electrons. The number of nitrogens with zero attached hydrogens (tertiary/aromatic N) is 1. The highest BCUT2D eigenvalue weighted by molar-refractivity contribution is 5.71. The molecule has 1 aromatic rings. The molecule has 1 saturated heterocycles. The molecule has 1 aliphatic rings. The number of carbonyl (C=O) groups excluding carboxylic acids is 1. The van der Waals surface area contributed by atoms with Gasteiger partial charge in [0.1, 0.15) is 0 Å². The summed E-state index contributed by atoms with van der Waals surface area (Å²) in [5.74, 6) is 0. The summed E-state index contributed by atoms with van der Waals surface area (Å²) in [5.41, 5.74) is 2.11. The second kappa shape index (κ2) is 5.63. The first-order chi connectivity index (χ1) is 7.88. The third-order valence-electron chi connectivity index (χ3n) is 2.77. The SMILES string of the molecule is O=CNc1cccc(CN2CCNCC2)c1. The van der Waals surface area contributed by atoms with Crippen LogP contribution in [0.3, 0.4) is 0 Å². The van der Waals surface area contributed by atoms with Gasteiger partial charge < -0.3 is 10.6 Å². The van der Waals surface area contributed by atoms with Gasteiger partial charge in [-0.15, -0.1) is 0 Å². The number of rotatable bonds is 4. The van der Waals surface area contributed by atoms with Crippen LogP contribution in [0.2, 0.25) is 0 Å². The first kappa shape index (κ1) is 11.1. The molecule has 16 heavy (non-hydrogen) atoms. The van der Waals surface area contributed by atoms with Crippen LogP contribution in [0.1, 0.15) is 5.56 Å². The second-order valence-corrected chi connectivity index (χ2v) is 3.99. The van der Waals surface area contributed by atoms with E-state index in [1.807, 2.05) is 18.2 Å². The van der Waals surface area contributed by atoms with Crippen LogP contribution >= 0.6 is 0 Å². The van der Waals surface area contributed by atoms with E-state index in [0.717, 1.165) is 38.4 Å². The molecule has 1 heterocycles. The Labute approximate surface area is 95.6 Å². The molecule has 0 spiro atoms. The largest absolute Gasteiger partial charge is 0.329 e. The summed E-state index contributed by atoms with van der Waals surface area (Å²) in [6.45, 7) is 5.26. The van der Waals surface area contributed by atoms with E-state index in [-0.39, 0.29) is 0 Å². The summed E-state index contributed by atoms with van der Waals surface area (Å²) in [5, 5.41) is 6.01. The Hall–Kier alpha value is -1.39. The predicted molar refractivity (Wildman–Crippen MR) is 64.3 cm³/mol. The van der Waals surface area contributed by atoms with E-state index in [0.29, 0.717) is 6.41 Å². The summed E-state index contributed by atoms with van der Waals surface area (Å²) in [6, 6.07) is 7.99. The van der Waals surface area contributed by atoms with Gasteiger partial charge in [-0.1, -0.05) is 12.1 Å². The number of anilines is 1. The van der Waals surface area contributed by atoms with E-state index < -0.39 is 0 Å². The first-order valence-corrected chi connectivity index (χ1v) is 5.61. The summed E-state index contributed by atoms with van der Waals surface area (Å²) in [7, 11) is 0. The highest BCUT2D eigenvalue weighted by Crippen LogP contribution is 2.12. The summed E-state index contributed by atoms with van der Waals surface area (Å²) in [4.78, 5) is 12.8. The lowest BCUT2D eigenvalue weighted by Crippen LogP contribution is -2.42. The highest BCUT2D eigenvalue weighted by Gasteiger charge is 2.09. The van der Waals surface area contributed by atoms with Crippen LogP contribution in [0, 0.1) is 0 Å². The van der Waals surface area contributed by atoms with E-state index >= 15 is 0 Å². The second-order valence-electron chi connectivity index (χ2n) is 3.99. The number of amides is 1. The Morgan fingerprint density at radius 3 is 2.94 bits per heavy atom. The quantitative estimate of drug-likeness (QED) is 0.731. The summed E-state index contributed by atoms with van der Waals surface area (Å²) >= 11 is 0. The van der Waals surface area contributed by atoms with Crippen LogP contribution in [0.25, 0.3) is 0 Å².